The molecule has 0 aliphatic heterocycles. The Bertz CT molecular complexity index is 1070. The largest absolute Gasteiger partial charge is 0.457 e. The maximum atomic E-state index is 13.1. The molecule has 1 aromatic heterocycles. The summed E-state index contributed by atoms with van der Waals surface area (Å²) in [7, 11) is 0. The summed E-state index contributed by atoms with van der Waals surface area (Å²) >= 11 is 0. The molecule has 2 N–H and O–H groups in total. The Balaban J connectivity index is 1.78. The number of amides is 1. The van der Waals surface area contributed by atoms with Gasteiger partial charge in [-0.05, 0) is 51.3 Å². The van der Waals surface area contributed by atoms with Gasteiger partial charge in [0.25, 0.3) is 5.56 Å². The molecule has 3 rings (SSSR count). The highest BCUT2D eigenvalue weighted by Crippen LogP contribution is 2.13. The van der Waals surface area contributed by atoms with Gasteiger partial charge in [0.1, 0.15) is 17.8 Å². The molecule has 1 heterocycles. The molecule has 170 valence electrons. The Kier molecular flexibility index (Phi) is 7.35. The number of carbonyl (C=O) groups excluding carboxylic acids is 2. The maximum absolute atomic E-state index is 13.1. The fraction of sp³-hybridized carbons (Fsp3) is 0.375. The lowest BCUT2D eigenvalue weighted by Gasteiger charge is -2.19. The van der Waals surface area contributed by atoms with Gasteiger partial charge in [-0.3, -0.25) is 9.89 Å². The molecule has 0 saturated carbocycles. The number of hydrogen-bond acceptors (Lipinski definition) is 5. The summed E-state index contributed by atoms with van der Waals surface area (Å²) in [6.45, 7) is 5.60. The van der Waals surface area contributed by atoms with Crippen LogP contribution >= 0.6 is 0 Å². The minimum Gasteiger partial charge on any atom is -0.457 e. The van der Waals surface area contributed by atoms with E-state index in [1.54, 1.807) is 45.0 Å². The molecule has 0 saturated heterocycles. The van der Waals surface area contributed by atoms with Gasteiger partial charge in [-0.15, -0.1) is 0 Å². The molecule has 0 atom stereocenters. The normalized spacial score (nSPS) is 13.4. The topological polar surface area (TPSA) is 102 Å². The zero-order valence-electron chi connectivity index (χ0n) is 18.6. The van der Waals surface area contributed by atoms with Gasteiger partial charge in [0.05, 0.1) is 11.4 Å². The minimum absolute atomic E-state index is 0.0692. The first-order chi connectivity index (χ1) is 15.2. The lowest BCUT2D eigenvalue weighted by molar-refractivity contribution is 0.0526. The first-order valence-corrected chi connectivity index (χ1v) is 10.6. The fourth-order valence-electron chi connectivity index (χ4n) is 3.23. The first-order valence-electron chi connectivity index (χ1n) is 10.6. The molecule has 2 aromatic rings. The Hall–Kier alpha value is -3.55. The Morgan fingerprint density at radius 1 is 1.16 bits per heavy atom. The van der Waals surface area contributed by atoms with E-state index in [0.29, 0.717) is 11.4 Å². The van der Waals surface area contributed by atoms with Crippen LogP contribution in [0.5, 0.6) is 0 Å². The average Bonchev–Trinajstić information content (AvgIpc) is 3.08. The highest BCUT2D eigenvalue weighted by atomic mass is 16.6. The van der Waals surface area contributed by atoms with E-state index in [1.807, 2.05) is 24.3 Å². The third-order valence-electron chi connectivity index (χ3n) is 4.67. The Labute approximate surface area is 186 Å². The lowest BCUT2D eigenvalue weighted by Crippen LogP contribution is -2.33. The summed E-state index contributed by atoms with van der Waals surface area (Å²) in [5.74, 6) is -0.701. The van der Waals surface area contributed by atoms with Crippen molar-refractivity contribution in [2.24, 2.45) is 0 Å². The number of nitrogens with zero attached hydrogens (tertiary/aromatic N) is 1. The van der Waals surface area contributed by atoms with Crippen LogP contribution in [0, 0.1) is 0 Å². The summed E-state index contributed by atoms with van der Waals surface area (Å²) in [5.41, 5.74) is 0.689. The molecule has 32 heavy (non-hydrogen) atoms. The number of rotatable bonds is 7. The third kappa shape index (κ3) is 6.23. The van der Waals surface area contributed by atoms with Crippen LogP contribution in [0.3, 0.4) is 0 Å². The number of benzene rings is 1. The average molecular weight is 440 g/mol. The van der Waals surface area contributed by atoms with Gasteiger partial charge in [0, 0.05) is 13.0 Å². The second-order valence-electron chi connectivity index (χ2n) is 8.46. The number of H-pyrrole nitrogens is 1. The molecule has 0 radical (unpaired) electrons. The first kappa shape index (κ1) is 23.1. The summed E-state index contributed by atoms with van der Waals surface area (Å²) in [6, 6.07) is 8.95. The van der Waals surface area contributed by atoms with Gasteiger partial charge >= 0.3 is 12.1 Å². The number of aromatic nitrogens is 2. The van der Waals surface area contributed by atoms with E-state index in [0.717, 1.165) is 18.4 Å². The van der Waals surface area contributed by atoms with Crippen LogP contribution in [-0.2, 0) is 15.9 Å². The minimum atomic E-state index is -0.701. The zero-order chi connectivity index (χ0) is 23.1. The van der Waals surface area contributed by atoms with Crippen LogP contribution in [0.15, 0.2) is 58.9 Å². The molecule has 1 amide bonds. The third-order valence-corrected chi connectivity index (χ3v) is 4.67. The van der Waals surface area contributed by atoms with Crippen LogP contribution in [0.4, 0.5) is 4.79 Å². The molecule has 1 aliphatic carbocycles. The number of nitrogens with one attached hydrogen (secondary N) is 2. The molecule has 8 heteroatoms. The second kappa shape index (κ2) is 10.2. The molecule has 0 fully saturated rings. The second-order valence-corrected chi connectivity index (χ2v) is 8.46. The van der Waals surface area contributed by atoms with Crippen molar-refractivity contribution in [1.29, 1.82) is 0 Å². The van der Waals surface area contributed by atoms with Crippen molar-refractivity contribution in [2.45, 2.75) is 45.6 Å². The van der Waals surface area contributed by atoms with Crippen molar-refractivity contribution in [3.63, 3.8) is 0 Å². The van der Waals surface area contributed by atoms with E-state index in [9.17, 15) is 14.4 Å². The van der Waals surface area contributed by atoms with E-state index in [-0.39, 0.29) is 25.1 Å². The predicted molar refractivity (Wildman–Crippen MR) is 121 cm³/mol. The number of allylic oxidation sites excluding steroid dienone is 2. The molecule has 0 bridgehead atoms. The lowest BCUT2D eigenvalue weighted by atomic mass is 10.1. The number of ether oxygens (including phenoxy) is 2. The van der Waals surface area contributed by atoms with Gasteiger partial charge in [0.15, 0.2) is 0 Å². The summed E-state index contributed by atoms with van der Waals surface area (Å²) in [4.78, 5) is 37.8. The molecule has 8 nitrogen and oxygen atoms in total. The summed E-state index contributed by atoms with van der Waals surface area (Å²) in [6.07, 6.45) is 7.47. The van der Waals surface area contributed by atoms with E-state index < -0.39 is 23.2 Å². The highest BCUT2D eigenvalue weighted by molar-refractivity contribution is 5.90. The number of para-hydroxylation sites is 1. The SMILES string of the molecule is CC(C)(C)OC(=O)NCCc1[nH]n(-c2ccccc2)c(=O)c1C(=O)OCC1=CCCC=C1. The number of alkyl carbamates (subject to hydrolysis) is 1. The predicted octanol–water partition coefficient (Wildman–Crippen LogP) is 3.67. The number of carbonyl (C=O) groups is 2. The van der Waals surface area contributed by atoms with Gasteiger partial charge in [-0.1, -0.05) is 36.4 Å². The van der Waals surface area contributed by atoms with Crippen LogP contribution in [-0.4, -0.2) is 40.6 Å². The van der Waals surface area contributed by atoms with Gasteiger partial charge in [-0.2, -0.15) is 0 Å². The molecule has 0 unspecified atom stereocenters. The molecular formula is C24H29N3O5. The van der Waals surface area contributed by atoms with Crippen molar-refractivity contribution < 1.29 is 19.1 Å². The Morgan fingerprint density at radius 2 is 1.91 bits per heavy atom. The fourth-order valence-corrected chi connectivity index (χ4v) is 3.23. The van der Waals surface area contributed by atoms with Crippen LogP contribution < -0.4 is 10.9 Å². The molecule has 1 aliphatic rings. The summed E-state index contributed by atoms with van der Waals surface area (Å²) in [5, 5.41) is 5.63. The van der Waals surface area contributed by atoms with Crippen LogP contribution in [0.1, 0.15) is 49.7 Å². The van der Waals surface area contributed by atoms with E-state index in [4.69, 9.17) is 9.47 Å². The van der Waals surface area contributed by atoms with Crippen molar-refractivity contribution in [3.8, 4) is 5.69 Å². The monoisotopic (exact) mass is 439 g/mol. The number of aromatic amines is 1. The van der Waals surface area contributed by atoms with Crippen LogP contribution in [0.2, 0.25) is 0 Å². The Morgan fingerprint density at radius 3 is 2.56 bits per heavy atom. The maximum Gasteiger partial charge on any atom is 0.407 e. The zero-order valence-corrected chi connectivity index (χ0v) is 18.6. The smallest absolute Gasteiger partial charge is 0.407 e. The van der Waals surface area contributed by atoms with Gasteiger partial charge in [0.2, 0.25) is 0 Å². The van der Waals surface area contributed by atoms with Crippen molar-refractivity contribution in [1.82, 2.24) is 15.1 Å². The summed E-state index contributed by atoms with van der Waals surface area (Å²) < 4.78 is 12.0. The van der Waals surface area contributed by atoms with Crippen molar-refractivity contribution in [2.75, 3.05) is 13.2 Å². The van der Waals surface area contributed by atoms with Gasteiger partial charge < -0.3 is 14.8 Å². The van der Waals surface area contributed by atoms with Crippen molar-refractivity contribution in [3.05, 3.63) is 75.7 Å². The van der Waals surface area contributed by atoms with Crippen LogP contribution in [0.25, 0.3) is 5.69 Å². The van der Waals surface area contributed by atoms with E-state index in [1.165, 1.54) is 4.68 Å². The molecule has 1 aromatic carbocycles. The highest BCUT2D eigenvalue weighted by Gasteiger charge is 2.24. The number of esters is 1. The van der Waals surface area contributed by atoms with Gasteiger partial charge in [-0.25, -0.2) is 14.3 Å². The standard InChI is InChI=1S/C24H29N3O5/c1-24(2,3)32-23(30)25-15-14-19-20(22(29)31-16-17-10-6-4-7-11-17)21(28)27(26-19)18-12-8-5-9-13-18/h5-6,8-13,26H,4,7,14-16H2,1-3H3,(H,25,30). The van der Waals surface area contributed by atoms with E-state index >= 15 is 0 Å². The quantitative estimate of drug-likeness (QED) is 0.641. The molecular weight excluding hydrogens is 410 g/mol. The van der Waals surface area contributed by atoms with E-state index in [2.05, 4.69) is 10.4 Å². The number of hydrogen-bond donors (Lipinski definition) is 2. The van der Waals surface area contributed by atoms with Crippen molar-refractivity contribution >= 4 is 12.1 Å². The molecule has 0 spiro atoms.